The summed E-state index contributed by atoms with van der Waals surface area (Å²) in [6.45, 7) is 5.04. The maximum atomic E-state index is 11.4. The minimum atomic E-state index is -1.22. The van der Waals surface area contributed by atoms with Gasteiger partial charge in [0, 0.05) is 25.0 Å². The molecule has 0 aromatic carbocycles. The number of aromatic nitrogens is 3. The summed E-state index contributed by atoms with van der Waals surface area (Å²) in [4.78, 5) is 22.4. The minimum absolute atomic E-state index is 0.233. The Morgan fingerprint density at radius 3 is 2.80 bits per heavy atom. The van der Waals surface area contributed by atoms with Crippen LogP contribution in [0, 0.1) is 6.92 Å². The van der Waals surface area contributed by atoms with E-state index in [4.69, 9.17) is 5.11 Å². The van der Waals surface area contributed by atoms with E-state index >= 15 is 0 Å². The fraction of sp³-hybridized carbons (Fsp3) is 0.308. The van der Waals surface area contributed by atoms with Gasteiger partial charge in [0.2, 0.25) is 0 Å². The molecule has 2 rings (SSSR count). The molecule has 0 bridgehead atoms. The van der Waals surface area contributed by atoms with E-state index in [1.165, 1.54) is 12.3 Å². The van der Waals surface area contributed by atoms with Crippen LogP contribution in [0.4, 0.5) is 0 Å². The van der Waals surface area contributed by atoms with Crippen molar-refractivity contribution in [2.24, 2.45) is 0 Å². The van der Waals surface area contributed by atoms with E-state index in [1.807, 2.05) is 18.5 Å². The molecule has 2 heterocycles. The van der Waals surface area contributed by atoms with Crippen molar-refractivity contribution in [3.8, 4) is 0 Å². The summed E-state index contributed by atoms with van der Waals surface area (Å²) in [5, 5.41) is 13.4. The number of halogens is 1. The first kappa shape index (κ1) is 14.5. The van der Waals surface area contributed by atoms with Gasteiger partial charge in [-0.25, -0.2) is 4.79 Å². The maximum Gasteiger partial charge on any atom is 0.341 e. The van der Waals surface area contributed by atoms with Gasteiger partial charge in [0.25, 0.3) is 0 Å². The maximum absolute atomic E-state index is 11.4. The largest absolute Gasteiger partial charge is 0.477 e. The molecule has 1 N–H and O–H groups in total. The Kier molecular flexibility index (Phi) is 4.08. The summed E-state index contributed by atoms with van der Waals surface area (Å²) < 4.78 is 4.41. The third kappa shape index (κ3) is 2.67. The summed E-state index contributed by atoms with van der Waals surface area (Å²) in [6, 6.07) is 1.26. The Morgan fingerprint density at radius 1 is 1.50 bits per heavy atom. The van der Waals surface area contributed by atoms with E-state index in [0.717, 1.165) is 15.9 Å². The van der Waals surface area contributed by atoms with Crippen LogP contribution in [0.1, 0.15) is 28.7 Å². The Morgan fingerprint density at radius 2 is 2.20 bits per heavy atom. The second-order valence-electron chi connectivity index (χ2n) is 4.36. The van der Waals surface area contributed by atoms with Crippen molar-refractivity contribution in [2.45, 2.75) is 26.9 Å². The molecule has 106 valence electrons. The number of carbonyl (C=O) groups is 1. The third-order valence-electron chi connectivity index (χ3n) is 2.99. The highest BCUT2D eigenvalue weighted by molar-refractivity contribution is 9.10. The molecule has 20 heavy (non-hydrogen) atoms. The average Bonchev–Trinajstić information content (AvgIpc) is 2.68. The van der Waals surface area contributed by atoms with Crippen molar-refractivity contribution in [3.63, 3.8) is 0 Å². The van der Waals surface area contributed by atoms with E-state index in [9.17, 15) is 9.59 Å². The fourth-order valence-corrected chi connectivity index (χ4v) is 2.39. The van der Waals surface area contributed by atoms with Crippen molar-refractivity contribution in [3.05, 3.63) is 50.1 Å². The minimum Gasteiger partial charge on any atom is -0.477 e. The topological polar surface area (TPSA) is 77.1 Å². The fourth-order valence-electron chi connectivity index (χ4n) is 1.98. The van der Waals surface area contributed by atoms with Crippen molar-refractivity contribution in [1.29, 1.82) is 0 Å². The number of nitrogens with zero attached hydrogens (tertiary/aromatic N) is 3. The number of carboxylic acid groups (broad SMARTS) is 1. The van der Waals surface area contributed by atoms with E-state index in [-0.39, 0.29) is 5.56 Å². The quantitative estimate of drug-likeness (QED) is 0.922. The lowest BCUT2D eigenvalue weighted by Gasteiger charge is -2.09. The summed E-state index contributed by atoms with van der Waals surface area (Å²) in [5.41, 5.74) is 1.09. The molecule has 0 fully saturated rings. The molecule has 7 heteroatoms. The number of hydrogen-bond acceptors (Lipinski definition) is 3. The van der Waals surface area contributed by atoms with Crippen molar-refractivity contribution < 1.29 is 9.90 Å². The standard InChI is InChI=1S/C13H14BrN3O3/c1-3-17-10(12(14)8(2)15-17)7-16-5-4-11(18)9(6-16)13(19)20/h4-6H,3,7H2,1-2H3,(H,19,20). The van der Waals surface area contributed by atoms with E-state index in [0.29, 0.717) is 13.1 Å². The molecule has 0 radical (unpaired) electrons. The van der Waals surface area contributed by atoms with Crippen LogP contribution >= 0.6 is 15.9 Å². The smallest absolute Gasteiger partial charge is 0.341 e. The highest BCUT2D eigenvalue weighted by Crippen LogP contribution is 2.21. The van der Waals surface area contributed by atoms with Gasteiger partial charge in [-0.05, 0) is 29.8 Å². The van der Waals surface area contributed by atoms with E-state index in [2.05, 4.69) is 21.0 Å². The lowest BCUT2D eigenvalue weighted by molar-refractivity contribution is 0.0694. The highest BCUT2D eigenvalue weighted by atomic mass is 79.9. The first-order valence-corrected chi connectivity index (χ1v) is 6.88. The number of pyridine rings is 1. The van der Waals surface area contributed by atoms with Crippen molar-refractivity contribution in [1.82, 2.24) is 14.3 Å². The van der Waals surface area contributed by atoms with E-state index in [1.54, 1.807) is 10.8 Å². The third-order valence-corrected chi connectivity index (χ3v) is 4.02. The molecule has 0 saturated carbocycles. The molecule has 0 aliphatic rings. The van der Waals surface area contributed by atoms with E-state index < -0.39 is 11.4 Å². The predicted molar refractivity (Wildman–Crippen MR) is 77.1 cm³/mol. The molecule has 0 spiro atoms. The second-order valence-corrected chi connectivity index (χ2v) is 5.16. The highest BCUT2D eigenvalue weighted by Gasteiger charge is 2.14. The Hall–Kier alpha value is -1.89. The Bertz CT molecular complexity index is 718. The Labute approximate surface area is 123 Å². The molecule has 0 aliphatic carbocycles. The first-order chi connectivity index (χ1) is 9.43. The summed E-state index contributed by atoms with van der Waals surface area (Å²) in [7, 11) is 0. The van der Waals surface area contributed by atoms with Crippen LogP contribution in [0.2, 0.25) is 0 Å². The van der Waals surface area contributed by atoms with Crippen LogP contribution in [-0.4, -0.2) is 25.4 Å². The van der Waals surface area contributed by atoms with Gasteiger partial charge in [0.15, 0.2) is 5.43 Å². The number of rotatable bonds is 4. The number of carboxylic acids is 1. The van der Waals surface area contributed by atoms with Gasteiger partial charge >= 0.3 is 5.97 Å². The molecular weight excluding hydrogens is 326 g/mol. The first-order valence-electron chi connectivity index (χ1n) is 6.09. The number of hydrogen-bond donors (Lipinski definition) is 1. The molecule has 0 saturated heterocycles. The lowest BCUT2D eigenvalue weighted by Crippen LogP contribution is -2.17. The zero-order valence-electron chi connectivity index (χ0n) is 11.1. The van der Waals surface area contributed by atoms with Crippen LogP contribution in [0.25, 0.3) is 0 Å². The average molecular weight is 340 g/mol. The summed E-state index contributed by atoms with van der Waals surface area (Å²) in [5.74, 6) is -1.22. The zero-order chi connectivity index (χ0) is 14.9. The van der Waals surface area contributed by atoms with Crippen molar-refractivity contribution in [2.75, 3.05) is 0 Å². The normalized spacial score (nSPS) is 10.8. The van der Waals surface area contributed by atoms with Crippen LogP contribution < -0.4 is 5.43 Å². The summed E-state index contributed by atoms with van der Waals surface area (Å²) >= 11 is 3.49. The predicted octanol–water partition coefficient (Wildman–Crippen LogP) is 1.88. The van der Waals surface area contributed by atoms with Gasteiger partial charge in [-0.2, -0.15) is 5.10 Å². The molecule has 6 nitrogen and oxygen atoms in total. The monoisotopic (exact) mass is 339 g/mol. The van der Waals surface area contributed by atoms with Gasteiger partial charge in [-0.15, -0.1) is 0 Å². The molecule has 0 amide bonds. The van der Waals surface area contributed by atoms with Crippen molar-refractivity contribution >= 4 is 21.9 Å². The van der Waals surface area contributed by atoms with Gasteiger partial charge in [-0.1, -0.05) is 0 Å². The molecule has 0 unspecified atom stereocenters. The lowest BCUT2D eigenvalue weighted by atomic mass is 10.2. The molecular formula is C13H14BrN3O3. The van der Waals surface area contributed by atoms with Gasteiger partial charge in [0.05, 0.1) is 22.4 Å². The molecule has 0 aliphatic heterocycles. The van der Waals surface area contributed by atoms with Crippen LogP contribution in [0.3, 0.4) is 0 Å². The van der Waals surface area contributed by atoms with Gasteiger partial charge < -0.3 is 9.67 Å². The Balaban J connectivity index is 2.43. The SMILES string of the molecule is CCn1nc(C)c(Br)c1Cn1ccc(=O)c(C(=O)O)c1. The van der Waals surface area contributed by atoms with Crippen LogP contribution in [0.15, 0.2) is 27.7 Å². The van der Waals surface area contributed by atoms with Crippen LogP contribution in [0.5, 0.6) is 0 Å². The molecule has 2 aromatic rings. The number of aryl methyl sites for hydroxylation is 2. The zero-order valence-corrected chi connectivity index (χ0v) is 12.7. The second kappa shape index (κ2) is 5.62. The van der Waals surface area contributed by atoms with Crippen LogP contribution in [-0.2, 0) is 13.1 Å². The van der Waals surface area contributed by atoms with Gasteiger partial charge in [0.1, 0.15) is 5.56 Å². The molecule has 2 aromatic heterocycles. The summed E-state index contributed by atoms with van der Waals surface area (Å²) in [6.07, 6.45) is 2.92. The molecule has 0 atom stereocenters. The van der Waals surface area contributed by atoms with Gasteiger partial charge in [-0.3, -0.25) is 9.48 Å². The number of aromatic carboxylic acids is 1.